The first kappa shape index (κ1) is 22.6. The van der Waals surface area contributed by atoms with Crippen LogP contribution in [0.3, 0.4) is 0 Å². The molecule has 28 heavy (non-hydrogen) atoms. The largest absolute Gasteiger partial charge is 0.302 e. The average Bonchev–Trinajstić information content (AvgIpc) is 3.15. The molecule has 0 spiro atoms. The van der Waals surface area contributed by atoms with E-state index in [0.29, 0.717) is 11.6 Å². The van der Waals surface area contributed by atoms with Crippen molar-refractivity contribution in [2.75, 3.05) is 5.32 Å². The number of unbranched alkanes of at least 4 members (excludes halogenated alkanes) is 10. The lowest BCUT2D eigenvalue weighted by Crippen LogP contribution is -2.10. The Bertz CT molecular complexity index is 678. The molecule has 0 bridgehead atoms. The van der Waals surface area contributed by atoms with Crippen LogP contribution in [-0.4, -0.2) is 10.9 Å². The molecule has 1 N–H and O–H groups in total. The van der Waals surface area contributed by atoms with Crippen LogP contribution in [0.2, 0.25) is 0 Å². The normalized spacial score (nSPS) is 10.9. The number of nitrogens with one attached hydrogen (secondary N) is 1. The first-order chi connectivity index (χ1) is 13.7. The highest BCUT2D eigenvalue weighted by Gasteiger charge is 2.08. The predicted molar refractivity (Wildman–Crippen MR) is 122 cm³/mol. The Labute approximate surface area is 175 Å². The summed E-state index contributed by atoms with van der Waals surface area (Å²) in [4.78, 5) is 16.7. The molecule has 0 fully saturated rings. The predicted octanol–water partition coefficient (Wildman–Crippen LogP) is 7.76. The van der Waals surface area contributed by atoms with E-state index in [-0.39, 0.29) is 5.91 Å². The van der Waals surface area contributed by atoms with E-state index in [1.54, 1.807) is 0 Å². The second-order valence-corrected chi connectivity index (χ2v) is 8.60. The van der Waals surface area contributed by atoms with Gasteiger partial charge in [-0.2, -0.15) is 0 Å². The highest BCUT2D eigenvalue weighted by atomic mass is 32.1. The second-order valence-electron chi connectivity index (χ2n) is 7.74. The summed E-state index contributed by atoms with van der Waals surface area (Å²) >= 11 is 1.49. The maximum absolute atomic E-state index is 12.1. The molecule has 0 saturated heterocycles. The van der Waals surface area contributed by atoms with Gasteiger partial charge in [-0.25, -0.2) is 4.98 Å². The Hall–Kier alpha value is -1.68. The number of hydrogen-bond donors (Lipinski definition) is 1. The van der Waals surface area contributed by atoms with E-state index >= 15 is 0 Å². The van der Waals surface area contributed by atoms with E-state index in [1.807, 2.05) is 5.38 Å². The molecule has 0 atom stereocenters. The van der Waals surface area contributed by atoms with Crippen molar-refractivity contribution >= 4 is 22.4 Å². The van der Waals surface area contributed by atoms with Crippen LogP contribution >= 0.6 is 11.3 Å². The number of aromatic nitrogens is 1. The molecule has 1 heterocycles. The third-order valence-corrected chi connectivity index (χ3v) is 5.86. The van der Waals surface area contributed by atoms with Gasteiger partial charge < -0.3 is 5.32 Å². The van der Waals surface area contributed by atoms with E-state index in [2.05, 4.69) is 48.4 Å². The van der Waals surface area contributed by atoms with Crippen LogP contribution in [0.15, 0.2) is 29.6 Å². The molecular formula is C24H36N2OS. The van der Waals surface area contributed by atoms with Crippen molar-refractivity contribution in [1.82, 2.24) is 4.98 Å². The number of carbonyl (C=O) groups is 1. The van der Waals surface area contributed by atoms with Crippen LogP contribution in [-0.2, 0) is 4.79 Å². The van der Waals surface area contributed by atoms with Gasteiger partial charge in [0.2, 0.25) is 5.91 Å². The SMILES string of the molecule is CCCCCCCCCCCCCC(=O)Nc1nc(-c2ccc(C)cc2)cs1. The second kappa shape index (κ2) is 13.5. The maximum Gasteiger partial charge on any atom is 0.226 e. The number of hydrogen-bond acceptors (Lipinski definition) is 3. The van der Waals surface area contributed by atoms with Crippen molar-refractivity contribution in [1.29, 1.82) is 0 Å². The van der Waals surface area contributed by atoms with Gasteiger partial charge in [0.15, 0.2) is 5.13 Å². The third-order valence-electron chi connectivity index (χ3n) is 5.11. The summed E-state index contributed by atoms with van der Waals surface area (Å²) < 4.78 is 0. The fourth-order valence-electron chi connectivity index (χ4n) is 3.32. The van der Waals surface area contributed by atoms with E-state index in [9.17, 15) is 4.79 Å². The van der Waals surface area contributed by atoms with Gasteiger partial charge in [0, 0.05) is 17.4 Å². The lowest BCUT2D eigenvalue weighted by Gasteiger charge is -2.03. The van der Waals surface area contributed by atoms with Gasteiger partial charge in [-0.05, 0) is 13.3 Å². The summed E-state index contributed by atoms with van der Waals surface area (Å²) in [5, 5.41) is 5.65. The van der Waals surface area contributed by atoms with Crippen LogP contribution in [0.1, 0.15) is 89.5 Å². The first-order valence-electron chi connectivity index (χ1n) is 11.0. The molecular weight excluding hydrogens is 364 g/mol. The van der Waals surface area contributed by atoms with Crippen molar-refractivity contribution in [3.8, 4) is 11.3 Å². The number of benzene rings is 1. The Balaban J connectivity index is 1.53. The minimum absolute atomic E-state index is 0.0840. The van der Waals surface area contributed by atoms with E-state index < -0.39 is 0 Å². The first-order valence-corrected chi connectivity index (χ1v) is 11.9. The minimum atomic E-state index is 0.0840. The third kappa shape index (κ3) is 9.01. The summed E-state index contributed by atoms with van der Waals surface area (Å²) in [6.07, 6.45) is 14.9. The quantitative estimate of drug-likeness (QED) is 0.329. The zero-order valence-corrected chi connectivity index (χ0v) is 18.5. The van der Waals surface area contributed by atoms with E-state index in [4.69, 9.17) is 0 Å². The van der Waals surface area contributed by atoms with Crippen molar-refractivity contribution in [2.45, 2.75) is 90.9 Å². The Kier molecular flexibility index (Phi) is 10.9. The smallest absolute Gasteiger partial charge is 0.226 e. The van der Waals surface area contributed by atoms with Gasteiger partial charge in [-0.15, -0.1) is 11.3 Å². The minimum Gasteiger partial charge on any atom is -0.302 e. The van der Waals surface area contributed by atoms with Gasteiger partial charge in [0.25, 0.3) is 0 Å². The van der Waals surface area contributed by atoms with Crippen molar-refractivity contribution in [2.24, 2.45) is 0 Å². The fraction of sp³-hybridized carbons (Fsp3) is 0.583. The Morgan fingerprint density at radius 1 is 0.893 bits per heavy atom. The molecule has 0 aliphatic carbocycles. The summed E-state index contributed by atoms with van der Waals surface area (Å²) in [7, 11) is 0. The van der Waals surface area contributed by atoms with Crippen LogP contribution in [0.5, 0.6) is 0 Å². The lowest BCUT2D eigenvalue weighted by atomic mass is 10.1. The summed E-state index contributed by atoms with van der Waals surface area (Å²) in [5.74, 6) is 0.0840. The van der Waals surface area contributed by atoms with Crippen LogP contribution in [0, 0.1) is 6.92 Å². The zero-order chi connectivity index (χ0) is 20.0. The summed E-state index contributed by atoms with van der Waals surface area (Å²) in [5.41, 5.74) is 3.25. The molecule has 154 valence electrons. The molecule has 2 rings (SSSR count). The summed E-state index contributed by atoms with van der Waals surface area (Å²) in [6, 6.07) is 8.31. The topological polar surface area (TPSA) is 42.0 Å². The molecule has 2 aromatic rings. The van der Waals surface area contributed by atoms with Gasteiger partial charge in [-0.1, -0.05) is 101 Å². The molecule has 1 amide bonds. The molecule has 0 aliphatic heterocycles. The molecule has 1 aromatic heterocycles. The maximum atomic E-state index is 12.1. The van der Waals surface area contributed by atoms with Crippen molar-refractivity contribution < 1.29 is 4.79 Å². The highest BCUT2D eigenvalue weighted by Crippen LogP contribution is 2.25. The molecule has 0 radical (unpaired) electrons. The Morgan fingerprint density at radius 3 is 2.07 bits per heavy atom. The Morgan fingerprint density at radius 2 is 1.46 bits per heavy atom. The number of nitrogens with zero attached hydrogens (tertiary/aromatic N) is 1. The number of anilines is 1. The number of carbonyl (C=O) groups excluding carboxylic acids is 1. The van der Waals surface area contributed by atoms with Gasteiger partial charge in [0.05, 0.1) is 5.69 Å². The standard InChI is InChI=1S/C24H36N2OS/c1-3-4-5-6-7-8-9-10-11-12-13-14-23(27)26-24-25-22(19-28-24)21-17-15-20(2)16-18-21/h15-19H,3-14H2,1-2H3,(H,25,26,27). The molecule has 4 heteroatoms. The monoisotopic (exact) mass is 400 g/mol. The zero-order valence-electron chi connectivity index (χ0n) is 17.6. The molecule has 1 aromatic carbocycles. The number of thiazole rings is 1. The van der Waals surface area contributed by atoms with E-state index in [0.717, 1.165) is 24.1 Å². The van der Waals surface area contributed by atoms with E-state index in [1.165, 1.54) is 74.7 Å². The highest BCUT2D eigenvalue weighted by molar-refractivity contribution is 7.14. The fourth-order valence-corrected chi connectivity index (χ4v) is 4.06. The summed E-state index contributed by atoms with van der Waals surface area (Å²) in [6.45, 7) is 4.34. The van der Waals surface area contributed by atoms with Gasteiger partial charge in [-0.3, -0.25) is 4.79 Å². The molecule has 0 unspecified atom stereocenters. The van der Waals surface area contributed by atoms with Gasteiger partial charge in [0.1, 0.15) is 0 Å². The molecule has 0 aliphatic rings. The lowest BCUT2D eigenvalue weighted by molar-refractivity contribution is -0.116. The van der Waals surface area contributed by atoms with Gasteiger partial charge >= 0.3 is 0 Å². The van der Waals surface area contributed by atoms with Crippen molar-refractivity contribution in [3.63, 3.8) is 0 Å². The number of aryl methyl sites for hydroxylation is 1. The van der Waals surface area contributed by atoms with Crippen LogP contribution in [0.4, 0.5) is 5.13 Å². The van der Waals surface area contributed by atoms with Crippen LogP contribution in [0.25, 0.3) is 11.3 Å². The molecule has 0 saturated carbocycles. The molecule has 3 nitrogen and oxygen atoms in total. The number of amides is 1. The number of rotatable bonds is 14. The van der Waals surface area contributed by atoms with Crippen LogP contribution < -0.4 is 5.32 Å². The van der Waals surface area contributed by atoms with Crippen molar-refractivity contribution in [3.05, 3.63) is 35.2 Å². The average molecular weight is 401 g/mol.